The van der Waals surface area contributed by atoms with E-state index in [1.165, 1.54) is 11.8 Å². The van der Waals surface area contributed by atoms with E-state index in [4.69, 9.17) is 0 Å². The van der Waals surface area contributed by atoms with E-state index in [-0.39, 0.29) is 17.0 Å². The van der Waals surface area contributed by atoms with Gasteiger partial charge in [-0.15, -0.1) is 0 Å². The first-order chi connectivity index (χ1) is 11.1. The lowest BCUT2D eigenvalue weighted by molar-refractivity contribution is 0.0626. The molecule has 0 bridgehead atoms. The largest absolute Gasteiger partial charge is 0.336 e. The molecule has 1 aliphatic rings. The van der Waals surface area contributed by atoms with Gasteiger partial charge in [-0.3, -0.25) is 14.5 Å². The normalized spacial score (nSPS) is 15.6. The highest BCUT2D eigenvalue weighted by atomic mass is 16.2. The third-order valence-electron chi connectivity index (χ3n) is 4.07. The Hall–Kier alpha value is -2.47. The maximum absolute atomic E-state index is 12.4. The lowest BCUT2D eigenvalue weighted by Crippen LogP contribution is -2.49. The highest BCUT2D eigenvalue weighted by Gasteiger charge is 2.24. The maximum Gasteiger partial charge on any atom is 0.263 e. The average molecular weight is 312 g/mol. The molecule has 1 saturated heterocycles. The molecule has 1 amide bonds. The Kier molecular flexibility index (Phi) is 4.52. The summed E-state index contributed by atoms with van der Waals surface area (Å²) in [5.74, 6) is 0.275. The molecule has 1 aliphatic heterocycles. The summed E-state index contributed by atoms with van der Waals surface area (Å²) in [5, 5.41) is 0. The second-order valence-electron chi connectivity index (χ2n) is 5.77. The molecule has 0 aliphatic carbocycles. The van der Waals surface area contributed by atoms with Crippen molar-refractivity contribution in [2.24, 2.45) is 0 Å². The minimum absolute atomic E-state index is 0.118. The Bertz CT molecular complexity index is 734. The zero-order valence-corrected chi connectivity index (χ0v) is 13.2. The number of aromatic nitrogens is 2. The van der Waals surface area contributed by atoms with Crippen molar-refractivity contribution in [3.8, 4) is 0 Å². The van der Waals surface area contributed by atoms with Crippen LogP contribution in [0.4, 0.5) is 0 Å². The number of aromatic amines is 1. The minimum Gasteiger partial charge on any atom is -0.336 e. The van der Waals surface area contributed by atoms with Crippen LogP contribution in [-0.4, -0.2) is 51.9 Å². The number of amides is 1. The average Bonchev–Trinajstić information content (AvgIpc) is 2.56. The van der Waals surface area contributed by atoms with Gasteiger partial charge >= 0.3 is 0 Å². The van der Waals surface area contributed by atoms with Gasteiger partial charge in [0.25, 0.3) is 11.5 Å². The zero-order valence-electron chi connectivity index (χ0n) is 13.2. The number of benzene rings is 1. The topological polar surface area (TPSA) is 69.3 Å². The first kappa shape index (κ1) is 15.4. The van der Waals surface area contributed by atoms with E-state index in [1.54, 1.807) is 11.8 Å². The van der Waals surface area contributed by atoms with Crippen LogP contribution >= 0.6 is 0 Å². The van der Waals surface area contributed by atoms with Crippen LogP contribution in [0.1, 0.15) is 21.7 Å². The van der Waals surface area contributed by atoms with Crippen LogP contribution in [-0.2, 0) is 6.54 Å². The number of rotatable bonds is 3. The van der Waals surface area contributed by atoms with Crippen LogP contribution in [0.5, 0.6) is 0 Å². The van der Waals surface area contributed by atoms with E-state index in [9.17, 15) is 9.59 Å². The summed E-state index contributed by atoms with van der Waals surface area (Å²) in [6.45, 7) is 5.43. The fourth-order valence-corrected chi connectivity index (χ4v) is 2.76. The van der Waals surface area contributed by atoms with Gasteiger partial charge in [-0.05, 0) is 12.5 Å². The van der Waals surface area contributed by atoms with Crippen molar-refractivity contribution in [3.63, 3.8) is 0 Å². The third kappa shape index (κ3) is 3.65. The van der Waals surface area contributed by atoms with Crippen LogP contribution in [0.25, 0.3) is 0 Å². The van der Waals surface area contributed by atoms with Crippen molar-refractivity contribution in [1.29, 1.82) is 0 Å². The standard InChI is InChI=1S/C17H20N4O2/c1-13-18-11-15(16(22)19-13)17(23)21-9-7-20(8-10-21)12-14-5-3-2-4-6-14/h2-6,11H,7-10,12H2,1H3,(H,18,19,22). The van der Waals surface area contributed by atoms with Crippen LogP contribution in [0, 0.1) is 6.92 Å². The van der Waals surface area contributed by atoms with E-state index < -0.39 is 0 Å². The fraction of sp³-hybridized carbons (Fsp3) is 0.353. The summed E-state index contributed by atoms with van der Waals surface area (Å²) in [7, 11) is 0. The molecule has 6 heteroatoms. The molecule has 0 atom stereocenters. The lowest BCUT2D eigenvalue weighted by Gasteiger charge is -2.34. The summed E-state index contributed by atoms with van der Waals surface area (Å²) >= 11 is 0. The molecule has 1 fully saturated rings. The van der Waals surface area contributed by atoms with Gasteiger partial charge in [-0.2, -0.15) is 0 Å². The van der Waals surface area contributed by atoms with Crippen LogP contribution < -0.4 is 5.56 Å². The smallest absolute Gasteiger partial charge is 0.263 e. The van der Waals surface area contributed by atoms with E-state index in [0.29, 0.717) is 18.9 Å². The Morgan fingerprint density at radius 2 is 1.87 bits per heavy atom. The molecule has 2 heterocycles. The van der Waals surface area contributed by atoms with E-state index in [2.05, 4.69) is 27.0 Å². The fourth-order valence-electron chi connectivity index (χ4n) is 2.76. The predicted octanol–water partition coefficient (Wildman–Crippen LogP) is 1.04. The number of hydrogen-bond acceptors (Lipinski definition) is 4. The Labute approximate surface area is 134 Å². The number of carbonyl (C=O) groups excluding carboxylic acids is 1. The van der Waals surface area contributed by atoms with Gasteiger partial charge in [0.2, 0.25) is 0 Å². The third-order valence-corrected chi connectivity index (χ3v) is 4.07. The molecule has 0 radical (unpaired) electrons. The number of piperazine rings is 1. The molecule has 3 rings (SSSR count). The number of H-pyrrole nitrogens is 1. The number of aryl methyl sites for hydroxylation is 1. The van der Waals surface area contributed by atoms with Crippen LogP contribution in [0.15, 0.2) is 41.3 Å². The second kappa shape index (κ2) is 6.75. The molecule has 1 N–H and O–H groups in total. The van der Waals surface area contributed by atoms with Gasteiger partial charge in [0.15, 0.2) is 0 Å². The Morgan fingerprint density at radius 1 is 1.17 bits per heavy atom. The molecule has 0 saturated carbocycles. The number of hydrogen-bond donors (Lipinski definition) is 1. The maximum atomic E-state index is 12.4. The van der Waals surface area contributed by atoms with E-state index in [1.807, 2.05) is 18.2 Å². The Balaban J connectivity index is 1.60. The summed E-state index contributed by atoms with van der Waals surface area (Å²) in [4.78, 5) is 35.0. The number of nitrogens with one attached hydrogen (secondary N) is 1. The van der Waals surface area contributed by atoms with Crippen molar-refractivity contribution in [3.05, 3.63) is 63.8 Å². The van der Waals surface area contributed by atoms with Gasteiger partial charge in [0.05, 0.1) is 0 Å². The molecule has 0 spiro atoms. The lowest BCUT2D eigenvalue weighted by atomic mass is 10.2. The SMILES string of the molecule is Cc1ncc(C(=O)N2CCN(Cc3ccccc3)CC2)c(=O)[nH]1. The number of carbonyl (C=O) groups is 1. The predicted molar refractivity (Wildman–Crippen MR) is 87.2 cm³/mol. The van der Waals surface area contributed by atoms with Crippen molar-refractivity contribution in [2.45, 2.75) is 13.5 Å². The Morgan fingerprint density at radius 3 is 2.52 bits per heavy atom. The molecule has 1 aromatic carbocycles. The molecule has 0 unspecified atom stereocenters. The molecule has 6 nitrogen and oxygen atoms in total. The molecule has 23 heavy (non-hydrogen) atoms. The van der Waals surface area contributed by atoms with Gasteiger partial charge in [0.1, 0.15) is 11.4 Å². The zero-order chi connectivity index (χ0) is 16.2. The van der Waals surface area contributed by atoms with Crippen molar-refractivity contribution >= 4 is 5.91 Å². The molecule has 120 valence electrons. The second-order valence-corrected chi connectivity index (χ2v) is 5.77. The number of nitrogens with zero attached hydrogens (tertiary/aromatic N) is 3. The van der Waals surface area contributed by atoms with E-state index in [0.717, 1.165) is 19.6 Å². The molecular formula is C17H20N4O2. The monoisotopic (exact) mass is 312 g/mol. The summed E-state index contributed by atoms with van der Waals surface area (Å²) in [6, 6.07) is 10.3. The van der Waals surface area contributed by atoms with Crippen molar-refractivity contribution in [2.75, 3.05) is 26.2 Å². The highest BCUT2D eigenvalue weighted by molar-refractivity contribution is 5.93. The summed E-state index contributed by atoms with van der Waals surface area (Å²) in [6.07, 6.45) is 1.37. The first-order valence-electron chi connectivity index (χ1n) is 7.75. The van der Waals surface area contributed by atoms with Crippen molar-refractivity contribution in [1.82, 2.24) is 19.8 Å². The molecule has 2 aromatic rings. The van der Waals surface area contributed by atoms with Gasteiger partial charge in [-0.1, -0.05) is 30.3 Å². The van der Waals surface area contributed by atoms with Crippen LogP contribution in [0.2, 0.25) is 0 Å². The van der Waals surface area contributed by atoms with Gasteiger partial charge < -0.3 is 9.88 Å². The summed E-state index contributed by atoms with van der Waals surface area (Å²) in [5.41, 5.74) is 1.02. The van der Waals surface area contributed by atoms with Gasteiger partial charge in [0, 0.05) is 38.9 Å². The van der Waals surface area contributed by atoms with Crippen molar-refractivity contribution < 1.29 is 4.79 Å². The quantitative estimate of drug-likeness (QED) is 0.919. The first-order valence-corrected chi connectivity index (χ1v) is 7.75. The summed E-state index contributed by atoms with van der Waals surface area (Å²) < 4.78 is 0. The molecular weight excluding hydrogens is 292 g/mol. The highest BCUT2D eigenvalue weighted by Crippen LogP contribution is 2.10. The van der Waals surface area contributed by atoms with E-state index >= 15 is 0 Å². The van der Waals surface area contributed by atoms with Crippen LogP contribution in [0.3, 0.4) is 0 Å². The minimum atomic E-state index is -0.366. The molecule has 1 aromatic heterocycles. The van der Waals surface area contributed by atoms with Gasteiger partial charge in [-0.25, -0.2) is 4.98 Å².